The smallest absolute Gasteiger partial charge is 0.0378 e. The molecule has 2 nitrogen and oxygen atoms in total. The van der Waals surface area contributed by atoms with Gasteiger partial charge < -0.3 is 5.32 Å². The van der Waals surface area contributed by atoms with Crippen molar-refractivity contribution in [3.05, 3.63) is 72.1 Å². The molecule has 0 amide bonds. The molecule has 0 saturated carbocycles. The molecule has 2 heterocycles. The maximum Gasteiger partial charge on any atom is 0.0378 e. The molecule has 1 aliphatic rings. The van der Waals surface area contributed by atoms with Gasteiger partial charge in [-0.1, -0.05) is 42.5 Å². The van der Waals surface area contributed by atoms with Gasteiger partial charge in [0.15, 0.2) is 0 Å². The van der Waals surface area contributed by atoms with Crippen molar-refractivity contribution in [1.29, 1.82) is 0 Å². The van der Waals surface area contributed by atoms with Crippen molar-refractivity contribution in [3.8, 4) is 0 Å². The lowest BCUT2D eigenvalue weighted by Gasteiger charge is -2.24. The van der Waals surface area contributed by atoms with E-state index in [-0.39, 0.29) is 24.8 Å². The average Bonchev–Trinajstić information content (AvgIpc) is 2.49. The van der Waals surface area contributed by atoms with Gasteiger partial charge in [-0.2, -0.15) is 0 Å². The van der Waals surface area contributed by atoms with Gasteiger partial charge in [0.05, 0.1) is 0 Å². The second kappa shape index (κ2) is 8.05. The minimum atomic E-state index is 0. The highest BCUT2D eigenvalue weighted by molar-refractivity contribution is 5.85. The number of nitrogens with one attached hydrogen (secondary N) is 1. The normalized spacial score (nSPS) is 17.4. The number of benzene rings is 1. The van der Waals surface area contributed by atoms with Crippen LogP contribution in [0.1, 0.15) is 23.6 Å². The topological polar surface area (TPSA) is 24.9 Å². The Morgan fingerprint density at radius 1 is 1.00 bits per heavy atom. The fourth-order valence-corrected chi connectivity index (χ4v) is 2.41. The van der Waals surface area contributed by atoms with Crippen LogP contribution < -0.4 is 5.32 Å². The summed E-state index contributed by atoms with van der Waals surface area (Å²) < 4.78 is 0. The minimum Gasteiger partial charge on any atom is -0.306 e. The Kier molecular flexibility index (Phi) is 6.73. The van der Waals surface area contributed by atoms with Crippen LogP contribution in [0.2, 0.25) is 0 Å². The van der Waals surface area contributed by atoms with E-state index in [4.69, 9.17) is 0 Å². The molecule has 3 rings (SSSR count). The lowest BCUT2D eigenvalue weighted by Crippen LogP contribution is -2.25. The molecule has 1 N–H and O–H groups in total. The molecule has 0 radical (unpaired) electrons. The zero-order chi connectivity index (χ0) is 12.2. The SMILES string of the molecule is C1=C(c2ccccc2)CC(c2cccnc2)NC1.Cl.Cl. The van der Waals surface area contributed by atoms with Crippen LogP contribution in [0.25, 0.3) is 5.57 Å². The van der Waals surface area contributed by atoms with Gasteiger partial charge in [0, 0.05) is 25.0 Å². The molecule has 20 heavy (non-hydrogen) atoms. The second-order valence-electron chi connectivity index (χ2n) is 4.55. The van der Waals surface area contributed by atoms with Crippen molar-refractivity contribution in [2.45, 2.75) is 12.5 Å². The molecule has 0 aliphatic carbocycles. The molecule has 2 aromatic rings. The van der Waals surface area contributed by atoms with E-state index in [1.807, 2.05) is 18.5 Å². The fraction of sp³-hybridized carbons (Fsp3) is 0.188. The third kappa shape index (κ3) is 3.83. The number of halogens is 2. The first kappa shape index (κ1) is 16.7. The monoisotopic (exact) mass is 308 g/mol. The Morgan fingerprint density at radius 3 is 2.50 bits per heavy atom. The quantitative estimate of drug-likeness (QED) is 0.905. The second-order valence-corrected chi connectivity index (χ2v) is 4.55. The molecule has 0 spiro atoms. The lowest BCUT2D eigenvalue weighted by atomic mass is 9.92. The number of pyridine rings is 1. The largest absolute Gasteiger partial charge is 0.306 e. The van der Waals surface area contributed by atoms with Crippen LogP contribution in [-0.4, -0.2) is 11.5 Å². The molecule has 0 bridgehead atoms. The molecule has 1 aliphatic heterocycles. The van der Waals surface area contributed by atoms with E-state index in [1.54, 1.807) is 0 Å². The maximum absolute atomic E-state index is 4.20. The number of rotatable bonds is 2. The number of nitrogens with zero attached hydrogens (tertiary/aromatic N) is 1. The van der Waals surface area contributed by atoms with Crippen molar-refractivity contribution in [3.63, 3.8) is 0 Å². The van der Waals surface area contributed by atoms with Crippen LogP contribution in [0.4, 0.5) is 0 Å². The molecule has 0 fully saturated rings. The van der Waals surface area contributed by atoms with Crippen LogP contribution in [0.15, 0.2) is 60.9 Å². The highest BCUT2D eigenvalue weighted by atomic mass is 35.5. The van der Waals surface area contributed by atoms with E-state index >= 15 is 0 Å². The van der Waals surface area contributed by atoms with Crippen LogP contribution in [0.5, 0.6) is 0 Å². The summed E-state index contributed by atoms with van der Waals surface area (Å²) in [5.41, 5.74) is 4.01. The van der Waals surface area contributed by atoms with Crippen molar-refractivity contribution >= 4 is 30.4 Å². The van der Waals surface area contributed by atoms with Crippen molar-refractivity contribution in [2.24, 2.45) is 0 Å². The third-order valence-electron chi connectivity index (χ3n) is 3.37. The summed E-state index contributed by atoms with van der Waals surface area (Å²) in [5.74, 6) is 0. The van der Waals surface area contributed by atoms with Crippen molar-refractivity contribution < 1.29 is 0 Å². The summed E-state index contributed by atoms with van der Waals surface area (Å²) in [5, 5.41) is 3.52. The van der Waals surface area contributed by atoms with Crippen LogP contribution >= 0.6 is 24.8 Å². The zero-order valence-electron chi connectivity index (χ0n) is 11.0. The fourth-order valence-electron chi connectivity index (χ4n) is 2.41. The molecule has 1 aromatic heterocycles. The Labute approximate surface area is 132 Å². The Hall–Kier alpha value is -1.35. The predicted octanol–water partition coefficient (Wildman–Crippen LogP) is 4.04. The van der Waals surface area contributed by atoms with E-state index in [2.05, 4.69) is 52.8 Å². The molecule has 0 saturated heterocycles. The standard InChI is InChI=1S/C16H16N2.2ClH/c1-2-5-13(6-3-1)14-8-10-18-16(11-14)15-7-4-9-17-12-15;;/h1-9,12,16,18H,10-11H2;2*1H. The van der Waals surface area contributed by atoms with Gasteiger partial charge in [-0.15, -0.1) is 24.8 Å². The average molecular weight is 309 g/mol. The van der Waals surface area contributed by atoms with Gasteiger partial charge in [-0.3, -0.25) is 4.98 Å². The lowest BCUT2D eigenvalue weighted by molar-refractivity contribution is 0.562. The van der Waals surface area contributed by atoms with E-state index in [0.29, 0.717) is 6.04 Å². The maximum atomic E-state index is 4.20. The van der Waals surface area contributed by atoms with Crippen LogP contribution in [0.3, 0.4) is 0 Å². The van der Waals surface area contributed by atoms with Crippen molar-refractivity contribution in [1.82, 2.24) is 10.3 Å². The molecule has 106 valence electrons. The first-order chi connectivity index (χ1) is 8.93. The molecular formula is C16H18Cl2N2. The van der Waals surface area contributed by atoms with Gasteiger partial charge in [0.1, 0.15) is 0 Å². The molecule has 1 unspecified atom stereocenters. The predicted molar refractivity (Wildman–Crippen MR) is 88.5 cm³/mol. The first-order valence-corrected chi connectivity index (χ1v) is 6.31. The van der Waals surface area contributed by atoms with E-state index in [1.165, 1.54) is 16.7 Å². The highest BCUT2D eigenvalue weighted by Crippen LogP contribution is 2.29. The van der Waals surface area contributed by atoms with Gasteiger partial charge in [0.2, 0.25) is 0 Å². The Balaban J connectivity index is 0.000001000. The Bertz CT molecular complexity index is 541. The van der Waals surface area contributed by atoms with Gasteiger partial charge >= 0.3 is 0 Å². The Morgan fingerprint density at radius 2 is 1.80 bits per heavy atom. The number of hydrogen-bond acceptors (Lipinski definition) is 2. The van der Waals surface area contributed by atoms with E-state index in [0.717, 1.165) is 13.0 Å². The van der Waals surface area contributed by atoms with Crippen molar-refractivity contribution in [2.75, 3.05) is 6.54 Å². The highest BCUT2D eigenvalue weighted by Gasteiger charge is 2.17. The van der Waals surface area contributed by atoms with Crippen LogP contribution in [-0.2, 0) is 0 Å². The molecule has 4 heteroatoms. The van der Waals surface area contributed by atoms with Gasteiger partial charge in [0.25, 0.3) is 0 Å². The molecule has 1 aromatic carbocycles. The molecule has 1 atom stereocenters. The number of hydrogen-bond donors (Lipinski definition) is 1. The summed E-state index contributed by atoms with van der Waals surface area (Å²) in [7, 11) is 0. The number of aromatic nitrogens is 1. The zero-order valence-corrected chi connectivity index (χ0v) is 12.7. The minimum absolute atomic E-state index is 0. The van der Waals surface area contributed by atoms with Gasteiger partial charge in [-0.05, 0) is 29.2 Å². The van der Waals surface area contributed by atoms with E-state index in [9.17, 15) is 0 Å². The first-order valence-electron chi connectivity index (χ1n) is 6.31. The summed E-state index contributed by atoms with van der Waals surface area (Å²) in [6.07, 6.45) is 7.07. The molecular weight excluding hydrogens is 291 g/mol. The summed E-state index contributed by atoms with van der Waals surface area (Å²) >= 11 is 0. The third-order valence-corrected chi connectivity index (χ3v) is 3.37. The summed E-state index contributed by atoms with van der Waals surface area (Å²) in [6.45, 7) is 0.920. The summed E-state index contributed by atoms with van der Waals surface area (Å²) in [6, 6.07) is 15.1. The van der Waals surface area contributed by atoms with E-state index < -0.39 is 0 Å². The summed E-state index contributed by atoms with van der Waals surface area (Å²) in [4.78, 5) is 4.20. The van der Waals surface area contributed by atoms with Crippen LogP contribution in [0, 0.1) is 0 Å². The van der Waals surface area contributed by atoms with Gasteiger partial charge in [-0.25, -0.2) is 0 Å².